The van der Waals surface area contributed by atoms with E-state index in [1.807, 2.05) is 0 Å². The molecule has 0 bridgehead atoms. The van der Waals surface area contributed by atoms with Gasteiger partial charge in [-0.1, -0.05) is 0 Å². The lowest BCUT2D eigenvalue weighted by Gasteiger charge is -2.23. The largest absolute Gasteiger partial charge is 0.484 e. The lowest BCUT2D eigenvalue weighted by atomic mass is 10.1. The van der Waals surface area contributed by atoms with Crippen LogP contribution in [0.15, 0.2) is 42.7 Å². The van der Waals surface area contributed by atoms with E-state index in [4.69, 9.17) is 4.74 Å². The highest BCUT2D eigenvalue weighted by Gasteiger charge is 2.45. The first kappa shape index (κ1) is 18.8. The molecule has 0 unspecified atom stereocenters. The molecule has 0 N–H and O–H groups in total. The first-order valence-electron chi connectivity index (χ1n) is 8.31. The topological polar surface area (TPSA) is 62.7 Å². The SMILES string of the molecule is CN(C)C(=O)COc1ccc(C(F)(F)C(=O)N2Cc3ccncc3C2)cc1. The van der Waals surface area contributed by atoms with Gasteiger partial charge in [0.1, 0.15) is 5.75 Å². The second kappa shape index (κ2) is 7.30. The zero-order valence-electron chi connectivity index (χ0n) is 15.0. The Morgan fingerprint density at radius 2 is 1.81 bits per heavy atom. The van der Waals surface area contributed by atoms with Crippen LogP contribution in [-0.2, 0) is 28.6 Å². The molecule has 1 aliphatic rings. The highest BCUT2D eigenvalue weighted by molar-refractivity contribution is 5.85. The molecule has 27 heavy (non-hydrogen) atoms. The fraction of sp³-hybridized carbons (Fsp3) is 0.316. The summed E-state index contributed by atoms with van der Waals surface area (Å²) >= 11 is 0. The third kappa shape index (κ3) is 3.89. The summed E-state index contributed by atoms with van der Waals surface area (Å²) in [5, 5.41) is 0. The van der Waals surface area contributed by atoms with Crippen molar-refractivity contribution in [1.82, 2.24) is 14.8 Å². The number of rotatable bonds is 5. The van der Waals surface area contributed by atoms with E-state index in [2.05, 4.69) is 4.98 Å². The fourth-order valence-electron chi connectivity index (χ4n) is 2.72. The molecule has 0 aliphatic carbocycles. The number of carbonyl (C=O) groups is 2. The van der Waals surface area contributed by atoms with E-state index in [-0.39, 0.29) is 31.4 Å². The maximum atomic E-state index is 14.7. The summed E-state index contributed by atoms with van der Waals surface area (Å²) in [4.78, 5) is 30.3. The number of alkyl halides is 2. The molecule has 0 fully saturated rings. The monoisotopic (exact) mass is 375 g/mol. The van der Waals surface area contributed by atoms with Gasteiger partial charge < -0.3 is 14.5 Å². The number of likely N-dealkylation sites (N-methyl/N-ethyl adjacent to an activating group) is 1. The molecule has 6 nitrogen and oxygen atoms in total. The van der Waals surface area contributed by atoms with E-state index in [1.165, 1.54) is 17.0 Å². The molecule has 142 valence electrons. The Bertz CT molecular complexity index is 829. The molecule has 8 heteroatoms. The molecule has 1 aromatic carbocycles. The highest BCUT2D eigenvalue weighted by atomic mass is 19.3. The van der Waals surface area contributed by atoms with E-state index in [0.29, 0.717) is 0 Å². The minimum Gasteiger partial charge on any atom is -0.484 e. The van der Waals surface area contributed by atoms with Crippen LogP contribution in [0.3, 0.4) is 0 Å². The van der Waals surface area contributed by atoms with Crippen LogP contribution in [0.5, 0.6) is 5.75 Å². The minimum absolute atomic E-state index is 0.117. The van der Waals surface area contributed by atoms with E-state index < -0.39 is 17.4 Å². The van der Waals surface area contributed by atoms with Gasteiger partial charge in [-0.05, 0) is 41.5 Å². The molecular formula is C19H19F2N3O3. The number of aromatic nitrogens is 1. The van der Waals surface area contributed by atoms with Crippen molar-refractivity contribution in [2.45, 2.75) is 19.0 Å². The smallest absolute Gasteiger partial charge is 0.349 e. The third-order valence-corrected chi connectivity index (χ3v) is 4.36. The van der Waals surface area contributed by atoms with Gasteiger partial charge in [0.2, 0.25) is 0 Å². The summed E-state index contributed by atoms with van der Waals surface area (Å²) in [6.45, 7) is 0.0628. The quantitative estimate of drug-likeness (QED) is 0.804. The zero-order chi connectivity index (χ0) is 19.6. The van der Waals surface area contributed by atoms with Gasteiger partial charge in [-0.15, -0.1) is 0 Å². The zero-order valence-corrected chi connectivity index (χ0v) is 15.0. The van der Waals surface area contributed by atoms with Crippen molar-refractivity contribution in [3.05, 3.63) is 59.4 Å². The predicted molar refractivity (Wildman–Crippen MR) is 93.0 cm³/mol. The van der Waals surface area contributed by atoms with Gasteiger partial charge in [0.15, 0.2) is 6.61 Å². The molecule has 2 aromatic rings. The number of fused-ring (bicyclic) bond motifs is 1. The van der Waals surface area contributed by atoms with Gasteiger partial charge in [-0.3, -0.25) is 14.6 Å². The summed E-state index contributed by atoms with van der Waals surface area (Å²) in [5.41, 5.74) is 1.17. The molecule has 0 radical (unpaired) electrons. The normalized spacial score (nSPS) is 13.3. The molecule has 0 saturated carbocycles. The molecule has 2 amide bonds. The average molecular weight is 375 g/mol. The first-order valence-corrected chi connectivity index (χ1v) is 8.31. The van der Waals surface area contributed by atoms with Crippen molar-refractivity contribution in [1.29, 1.82) is 0 Å². The van der Waals surface area contributed by atoms with Crippen molar-refractivity contribution < 1.29 is 23.1 Å². The number of hydrogen-bond donors (Lipinski definition) is 0. The summed E-state index contributed by atoms with van der Waals surface area (Å²) in [5.74, 6) is -4.89. The number of halogens is 2. The van der Waals surface area contributed by atoms with Crippen LogP contribution in [0.25, 0.3) is 0 Å². The molecule has 1 aromatic heterocycles. The van der Waals surface area contributed by atoms with Crippen LogP contribution in [0.2, 0.25) is 0 Å². The molecule has 0 spiro atoms. The van der Waals surface area contributed by atoms with Crippen LogP contribution in [0.1, 0.15) is 16.7 Å². The van der Waals surface area contributed by atoms with Crippen LogP contribution < -0.4 is 4.74 Å². The van der Waals surface area contributed by atoms with Crippen LogP contribution in [-0.4, -0.2) is 47.3 Å². The van der Waals surface area contributed by atoms with Gasteiger partial charge >= 0.3 is 5.92 Å². The lowest BCUT2D eigenvalue weighted by molar-refractivity contribution is -0.159. The van der Waals surface area contributed by atoms with Crippen molar-refractivity contribution in [2.75, 3.05) is 20.7 Å². The van der Waals surface area contributed by atoms with E-state index in [0.717, 1.165) is 28.2 Å². The molecule has 0 saturated heterocycles. The molecule has 1 aliphatic heterocycles. The Hall–Kier alpha value is -3.03. The Morgan fingerprint density at radius 3 is 2.44 bits per heavy atom. The second-order valence-corrected chi connectivity index (χ2v) is 6.48. The van der Waals surface area contributed by atoms with Gasteiger partial charge in [0, 0.05) is 45.1 Å². The molecule has 0 atom stereocenters. The summed E-state index contributed by atoms with van der Waals surface area (Å²) < 4.78 is 34.6. The van der Waals surface area contributed by atoms with Crippen LogP contribution in [0.4, 0.5) is 8.78 Å². The summed E-state index contributed by atoms with van der Waals surface area (Å²) in [6.07, 6.45) is 3.16. The standard InChI is InChI=1S/C19H19F2N3O3/c1-23(2)17(25)12-27-16-5-3-15(4-6-16)19(20,21)18(26)24-10-13-7-8-22-9-14(13)11-24/h3-9H,10-12H2,1-2H3. The molecular weight excluding hydrogens is 356 g/mol. The Balaban J connectivity index is 1.68. The summed E-state index contributed by atoms with van der Waals surface area (Å²) in [7, 11) is 3.18. The van der Waals surface area contributed by atoms with Gasteiger partial charge in [0.25, 0.3) is 11.8 Å². The van der Waals surface area contributed by atoms with Crippen molar-refractivity contribution >= 4 is 11.8 Å². The third-order valence-electron chi connectivity index (χ3n) is 4.36. The van der Waals surface area contributed by atoms with Crippen molar-refractivity contribution in [2.24, 2.45) is 0 Å². The van der Waals surface area contributed by atoms with E-state index in [1.54, 1.807) is 32.6 Å². The fourth-order valence-corrected chi connectivity index (χ4v) is 2.72. The second-order valence-electron chi connectivity index (χ2n) is 6.48. The summed E-state index contributed by atoms with van der Waals surface area (Å²) in [6, 6.07) is 6.64. The van der Waals surface area contributed by atoms with E-state index >= 15 is 0 Å². The number of hydrogen-bond acceptors (Lipinski definition) is 4. The number of pyridine rings is 1. The Kier molecular flexibility index (Phi) is 5.07. The van der Waals surface area contributed by atoms with Gasteiger partial charge in [0.05, 0.1) is 0 Å². The number of amides is 2. The molecule has 3 rings (SSSR count). The first-order chi connectivity index (χ1) is 12.8. The number of ether oxygens (including phenoxy) is 1. The van der Waals surface area contributed by atoms with Gasteiger partial charge in [-0.2, -0.15) is 8.78 Å². The maximum absolute atomic E-state index is 14.7. The van der Waals surface area contributed by atoms with Crippen molar-refractivity contribution in [3.63, 3.8) is 0 Å². The number of nitrogens with zero attached hydrogens (tertiary/aromatic N) is 3. The van der Waals surface area contributed by atoms with Gasteiger partial charge in [-0.25, -0.2) is 0 Å². The molecule has 2 heterocycles. The minimum atomic E-state index is -3.66. The maximum Gasteiger partial charge on any atom is 0.349 e. The van der Waals surface area contributed by atoms with E-state index in [9.17, 15) is 18.4 Å². The Morgan fingerprint density at radius 1 is 1.15 bits per heavy atom. The van der Waals surface area contributed by atoms with Crippen molar-refractivity contribution in [3.8, 4) is 5.75 Å². The number of benzene rings is 1. The van der Waals surface area contributed by atoms with Crippen LogP contribution >= 0.6 is 0 Å². The lowest BCUT2D eigenvalue weighted by Crippen LogP contribution is -2.38. The average Bonchev–Trinajstić information content (AvgIpc) is 3.09. The number of carbonyl (C=O) groups excluding carboxylic acids is 2. The van der Waals surface area contributed by atoms with Crippen LogP contribution in [0, 0.1) is 0 Å². The Labute approximate surface area is 155 Å². The predicted octanol–water partition coefficient (Wildman–Crippen LogP) is 2.18. The highest BCUT2D eigenvalue weighted by Crippen LogP contribution is 2.34.